The Balaban J connectivity index is 2.16. The smallest absolute Gasteiger partial charge is 0.250 e. The molecule has 2 aromatic carbocycles. The van der Waals surface area contributed by atoms with Crippen LogP contribution in [0.5, 0.6) is 5.75 Å². The molecular weight excluding hydrogens is 288 g/mol. The maximum atomic E-state index is 12.4. The Bertz CT molecular complexity index is 637. The van der Waals surface area contributed by atoms with Gasteiger partial charge in [0.1, 0.15) is 5.75 Å². The van der Waals surface area contributed by atoms with Crippen LogP contribution in [-0.2, 0) is 0 Å². The van der Waals surface area contributed by atoms with Crippen LogP contribution in [0.25, 0.3) is 0 Å². The molecule has 0 aromatic heterocycles. The molecule has 0 saturated carbocycles. The van der Waals surface area contributed by atoms with Crippen LogP contribution in [0.15, 0.2) is 54.6 Å². The normalized spacial score (nSPS) is 12.0. The second-order valence-corrected chi connectivity index (χ2v) is 11.8. The highest BCUT2D eigenvalue weighted by atomic mass is 28.4. The highest BCUT2D eigenvalue weighted by Gasteiger charge is 2.38. The molecule has 0 heterocycles. The summed E-state index contributed by atoms with van der Waals surface area (Å²) in [4.78, 5) is 12.4. The number of hydrogen-bond acceptors (Lipinski definition) is 2. The van der Waals surface area contributed by atoms with Crippen LogP contribution in [0.4, 0.5) is 0 Å². The maximum absolute atomic E-state index is 12.4. The molecule has 116 valence electrons. The van der Waals surface area contributed by atoms with Crippen molar-refractivity contribution in [1.29, 1.82) is 0 Å². The lowest BCUT2D eigenvalue weighted by Crippen LogP contribution is -2.43. The Hall–Kier alpha value is -1.87. The summed E-state index contributed by atoms with van der Waals surface area (Å²) in [6, 6.07) is 16.8. The van der Waals surface area contributed by atoms with Crippen LogP contribution in [0.1, 0.15) is 36.7 Å². The van der Waals surface area contributed by atoms with Gasteiger partial charge in [-0.25, -0.2) is 0 Å². The molecule has 0 N–H and O–H groups in total. The molecule has 0 unspecified atom stereocenters. The van der Waals surface area contributed by atoms with Gasteiger partial charge in [-0.05, 0) is 42.4 Å². The Morgan fingerprint density at radius 1 is 0.864 bits per heavy atom. The first-order valence-corrected chi connectivity index (χ1v) is 10.5. The Morgan fingerprint density at radius 3 is 1.86 bits per heavy atom. The third-order valence-corrected chi connectivity index (χ3v) is 8.69. The fourth-order valence-electron chi connectivity index (χ4n) is 1.88. The molecule has 2 rings (SSSR count). The van der Waals surface area contributed by atoms with Crippen molar-refractivity contribution in [2.45, 2.75) is 38.9 Å². The minimum Gasteiger partial charge on any atom is -0.544 e. The second kappa shape index (κ2) is 6.09. The van der Waals surface area contributed by atoms with Gasteiger partial charge in [-0.1, -0.05) is 51.1 Å². The largest absolute Gasteiger partial charge is 0.544 e. The summed E-state index contributed by atoms with van der Waals surface area (Å²) in [5.74, 6) is 0.885. The molecule has 0 spiro atoms. The summed E-state index contributed by atoms with van der Waals surface area (Å²) in [5, 5.41) is 0.158. The maximum Gasteiger partial charge on any atom is 0.250 e. The summed E-state index contributed by atoms with van der Waals surface area (Å²) in [5.41, 5.74) is 1.40. The van der Waals surface area contributed by atoms with Gasteiger partial charge in [-0.3, -0.25) is 4.79 Å². The van der Waals surface area contributed by atoms with Gasteiger partial charge < -0.3 is 4.43 Å². The SMILES string of the molecule is CC(C)(C)[Si](C)(C)Oc1ccc(C(=O)c2ccccc2)cc1. The summed E-state index contributed by atoms with van der Waals surface area (Å²) in [6.45, 7) is 11.1. The van der Waals surface area contributed by atoms with Crippen molar-refractivity contribution in [2.75, 3.05) is 0 Å². The van der Waals surface area contributed by atoms with Gasteiger partial charge in [0.2, 0.25) is 8.32 Å². The molecule has 0 bridgehead atoms. The van der Waals surface area contributed by atoms with E-state index in [0.717, 1.165) is 5.75 Å². The summed E-state index contributed by atoms with van der Waals surface area (Å²) in [7, 11) is -1.84. The molecule has 0 radical (unpaired) electrons. The molecule has 0 saturated heterocycles. The molecule has 22 heavy (non-hydrogen) atoms. The molecule has 3 heteroatoms. The molecule has 2 nitrogen and oxygen atoms in total. The van der Waals surface area contributed by atoms with E-state index in [4.69, 9.17) is 4.43 Å². The van der Waals surface area contributed by atoms with E-state index in [9.17, 15) is 4.79 Å². The zero-order valence-electron chi connectivity index (χ0n) is 14.0. The molecule has 2 aromatic rings. The molecule has 0 amide bonds. The molecule has 0 fully saturated rings. The van der Waals surface area contributed by atoms with E-state index in [2.05, 4.69) is 33.9 Å². The number of ketones is 1. The number of carbonyl (C=O) groups is 1. The van der Waals surface area contributed by atoms with Gasteiger partial charge >= 0.3 is 0 Å². The molecule has 0 aliphatic rings. The monoisotopic (exact) mass is 312 g/mol. The van der Waals surface area contributed by atoms with E-state index in [0.29, 0.717) is 11.1 Å². The second-order valence-electron chi connectivity index (χ2n) is 7.08. The van der Waals surface area contributed by atoms with Crippen molar-refractivity contribution in [3.63, 3.8) is 0 Å². The molecule has 0 atom stereocenters. The zero-order valence-corrected chi connectivity index (χ0v) is 15.0. The number of hydrogen-bond donors (Lipinski definition) is 0. The predicted octanol–water partition coefficient (Wildman–Crippen LogP) is 5.30. The average Bonchev–Trinajstić information content (AvgIpc) is 2.47. The predicted molar refractivity (Wildman–Crippen MR) is 94.1 cm³/mol. The first kappa shape index (κ1) is 16.5. The quantitative estimate of drug-likeness (QED) is 0.565. The van der Waals surface area contributed by atoms with Gasteiger partial charge in [0.05, 0.1) is 0 Å². The van der Waals surface area contributed by atoms with Gasteiger partial charge in [-0.2, -0.15) is 0 Å². The van der Waals surface area contributed by atoms with Gasteiger partial charge in [0.25, 0.3) is 0 Å². The standard InChI is InChI=1S/C19H24O2Si/c1-19(2,3)22(4,5)21-17-13-11-16(12-14-17)18(20)15-9-7-6-8-10-15/h6-14H,1-5H3. The van der Waals surface area contributed by atoms with Crippen LogP contribution >= 0.6 is 0 Å². The average molecular weight is 312 g/mol. The van der Waals surface area contributed by atoms with Crippen molar-refractivity contribution < 1.29 is 9.22 Å². The van der Waals surface area contributed by atoms with Crippen LogP contribution in [0, 0.1) is 0 Å². The summed E-state index contributed by atoms with van der Waals surface area (Å²) < 4.78 is 6.23. The lowest BCUT2D eigenvalue weighted by molar-refractivity contribution is 0.103. The number of benzene rings is 2. The van der Waals surface area contributed by atoms with Crippen LogP contribution in [-0.4, -0.2) is 14.1 Å². The van der Waals surface area contributed by atoms with Crippen molar-refractivity contribution in [1.82, 2.24) is 0 Å². The minimum absolute atomic E-state index is 0.0412. The highest BCUT2D eigenvalue weighted by molar-refractivity contribution is 6.74. The van der Waals surface area contributed by atoms with E-state index in [-0.39, 0.29) is 10.8 Å². The first-order chi connectivity index (χ1) is 10.2. The third-order valence-electron chi connectivity index (χ3n) is 4.33. The zero-order chi connectivity index (χ0) is 16.4. The third kappa shape index (κ3) is 3.66. The molecule has 0 aliphatic carbocycles. The van der Waals surface area contributed by atoms with Crippen molar-refractivity contribution in [2.24, 2.45) is 0 Å². The van der Waals surface area contributed by atoms with Crippen LogP contribution in [0.3, 0.4) is 0 Å². The number of rotatable bonds is 4. The Labute approximate surface area is 134 Å². The van der Waals surface area contributed by atoms with E-state index in [1.165, 1.54) is 0 Å². The Morgan fingerprint density at radius 2 is 1.36 bits per heavy atom. The van der Waals surface area contributed by atoms with Crippen LogP contribution in [0.2, 0.25) is 18.1 Å². The minimum atomic E-state index is -1.84. The molecular formula is C19H24O2Si. The summed E-state index contributed by atoms with van der Waals surface area (Å²) >= 11 is 0. The lowest BCUT2D eigenvalue weighted by atomic mass is 10.0. The fourth-order valence-corrected chi connectivity index (χ4v) is 2.91. The van der Waals surface area contributed by atoms with E-state index < -0.39 is 8.32 Å². The van der Waals surface area contributed by atoms with Gasteiger partial charge in [0.15, 0.2) is 5.78 Å². The Kier molecular flexibility index (Phi) is 4.57. The van der Waals surface area contributed by atoms with E-state index in [1.807, 2.05) is 54.6 Å². The lowest BCUT2D eigenvalue weighted by Gasteiger charge is -2.36. The van der Waals surface area contributed by atoms with E-state index in [1.54, 1.807) is 0 Å². The van der Waals surface area contributed by atoms with Gasteiger partial charge in [-0.15, -0.1) is 0 Å². The van der Waals surface area contributed by atoms with E-state index >= 15 is 0 Å². The fraction of sp³-hybridized carbons (Fsp3) is 0.316. The van der Waals surface area contributed by atoms with Gasteiger partial charge in [0, 0.05) is 11.1 Å². The topological polar surface area (TPSA) is 26.3 Å². The first-order valence-electron chi connectivity index (χ1n) is 7.59. The summed E-state index contributed by atoms with van der Waals surface area (Å²) in [6.07, 6.45) is 0. The number of carbonyl (C=O) groups excluding carboxylic acids is 1. The molecule has 0 aliphatic heterocycles. The van der Waals surface area contributed by atoms with Crippen molar-refractivity contribution >= 4 is 14.1 Å². The van der Waals surface area contributed by atoms with Crippen molar-refractivity contribution in [3.8, 4) is 5.75 Å². The highest BCUT2D eigenvalue weighted by Crippen LogP contribution is 2.37. The van der Waals surface area contributed by atoms with Crippen LogP contribution < -0.4 is 4.43 Å². The van der Waals surface area contributed by atoms with Crippen molar-refractivity contribution in [3.05, 3.63) is 65.7 Å².